The van der Waals surface area contributed by atoms with Crippen LogP contribution in [0.2, 0.25) is 10.0 Å². The van der Waals surface area contributed by atoms with Crippen molar-refractivity contribution in [2.75, 3.05) is 25.1 Å². The molecule has 1 saturated carbocycles. The molecule has 10 heteroatoms. The average molecular weight is 582 g/mol. The van der Waals surface area contributed by atoms with E-state index in [0.717, 1.165) is 67.0 Å². The summed E-state index contributed by atoms with van der Waals surface area (Å²) in [4.78, 5) is 14.2. The molecule has 2 aromatic heterocycles. The van der Waals surface area contributed by atoms with E-state index in [1.165, 1.54) is 7.11 Å². The van der Waals surface area contributed by atoms with E-state index in [1.807, 2.05) is 25.2 Å². The van der Waals surface area contributed by atoms with E-state index in [1.54, 1.807) is 10.7 Å². The number of carbonyl (C=O) groups is 1. The van der Waals surface area contributed by atoms with Crippen molar-refractivity contribution in [3.8, 4) is 22.5 Å². The molecule has 2 aromatic carbocycles. The number of esters is 1. The number of rotatable bonds is 8. The third-order valence-corrected chi connectivity index (χ3v) is 8.30. The number of benzene rings is 2. The fourth-order valence-electron chi connectivity index (χ4n) is 5.31. The average Bonchev–Trinajstić information content (AvgIpc) is 3.62. The van der Waals surface area contributed by atoms with Crippen molar-refractivity contribution in [3.63, 3.8) is 0 Å². The van der Waals surface area contributed by atoms with E-state index in [2.05, 4.69) is 39.4 Å². The van der Waals surface area contributed by atoms with E-state index in [0.29, 0.717) is 39.5 Å². The highest BCUT2D eigenvalue weighted by Crippen LogP contribution is 2.46. The van der Waals surface area contributed by atoms with Crippen molar-refractivity contribution < 1.29 is 18.8 Å². The van der Waals surface area contributed by atoms with Gasteiger partial charge < -0.3 is 18.9 Å². The van der Waals surface area contributed by atoms with Gasteiger partial charge in [0.2, 0.25) is 0 Å². The van der Waals surface area contributed by atoms with Crippen molar-refractivity contribution >= 4 is 34.9 Å². The fourth-order valence-corrected chi connectivity index (χ4v) is 5.89. The highest BCUT2D eigenvalue weighted by molar-refractivity contribution is 6.39. The zero-order valence-electron chi connectivity index (χ0n) is 22.4. The predicted molar refractivity (Wildman–Crippen MR) is 154 cm³/mol. The van der Waals surface area contributed by atoms with Gasteiger partial charge in [0.05, 0.1) is 35.6 Å². The summed E-state index contributed by atoms with van der Waals surface area (Å²) in [5, 5.41) is 9.74. The molecule has 1 aliphatic heterocycles. The van der Waals surface area contributed by atoms with Gasteiger partial charge >= 0.3 is 5.97 Å². The SMILES string of the molecule is COC(=O)c1cc(-c2ccc(N3CCC(OCc4c(-c5c(Cl)cccc5Cl)noc4C4CC4)CC3)cc2)n(C)n1. The first kappa shape index (κ1) is 26.9. The van der Waals surface area contributed by atoms with Gasteiger partial charge in [0.15, 0.2) is 5.69 Å². The summed E-state index contributed by atoms with van der Waals surface area (Å²) in [6.07, 6.45) is 4.17. The van der Waals surface area contributed by atoms with Crippen LogP contribution >= 0.6 is 23.2 Å². The highest BCUT2D eigenvalue weighted by Gasteiger charge is 2.34. The Labute approximate surface area is 242 Å². The van der Waals surface area contributed by atoms with Crippen LogP contribution in [0.1, 0.15) is 53.4 Å². The topological polar surface area (TPSA) is 82.6 Å². The van der Waals surface area contributed by atoms with E-state index in [9.17, 15) is 4.79 Å². The minimum atomic E-state index is -0.444. The zero-order chi connectivity index (χ0) is 27.8. The van der Waals surface area contributed by atoms with Gasteiger partial charge in [-0.1, -0.05) is 46.6 Å². The van der Waals surface area contributed by atoms with Crippen LogP contribution < -0.4 is 4.90 Å². The minimum absolute atomic E-state index is 0.137. The summed E-state index contributed by atoms with van der Waals surface area (Å²) < 4.78 is 18.7. The summed E-state index contributed by atoms with van der Waals surface area (Å²) >= 11 is 13.0. The normalized spacial score (nSPS) is 15.9. The third kappa shape index (κ3) is 5.36. The standard InChI is InChI=1S/C30H30Cl2N4O4/c1-35-26(16-25(33-35)30(37)38-2)18-8-10-20(11-9-18)36-14-12-21(13-15-36)39-17-22-28(34-40-29(22)19-6-7-19)27-23(31)4-3-5-24(27)32/h3-5,8-11,16,19,21H,6-7,12-15,17H2,1-2H3. The molecule has 0 N–H and O–H groups in total. The highest BCUT2D eigenvalue weighted by atomic mass is 35.5. The number of hydrogen-bond acceptors (Lipinski definition) is 7. The number of halogens is 2. The third-order valence-electron chi connectivity index (χ3n) is 7.67. The number of hydrogen-bond donors (Lipinski definition) is 0. The van der Waals surface area contributed by atoms with Crippen molar-refractivity contribution in [3.05, 3.63) is 75.6 Å². The van der Waals surface area contributed by atoms with Gasteiger partial charge in [0, 0.05) is 42.9 Å². The second-order valence-electron chi connectivity index (χ2n) is 10.3. The second kappa shape index (κ2) is 11.3. The Bertz CT molecular complexity index is 1500. The maximum Gasteiger partial charge on any atom is 0.358 e. The Balaban J connectivity index is 1.09. The molecule has 208 valence electrons. The molecule has 6 rings (SSSR count). The molecule has 40 heavy (non-hydrogen) atoms. The molecule has 0 unspecified atom stereocenters. The van der Waals surface area contributed by atoms with Crippen LogP contribution in [0.5, 0.6) is 0 Å². The van der Waals surface area contributed by atoms with Gasteiger partial charge in [-0.2, -0.15) is 5.10 Å². The van der Waals surface area contributed by atoms with E-state index < -0.39 is 5.97 Å². The van der Waals surface area contributed by atoms with Gasteiger partial charge in [-0.05, 0) is 61.6 Å². The summed E-state index contributed by atoms with van der Waals surface area (Å²) in [5.41, 5.74) is 5.64. The number of anilines is 1. The van der Waals surface area contributed by atoms with E-state index in [-0.39, 0.29) is 6.10 Å². The first-order chi connectivity index (χ1) is 19.4. The Kier molecular flexibility index (Phi) is 7.57. The van der Waals surface area contributed by atoms with Gasteiger partial charge in [0.1, 0.15) is 11.5 Å². The van der Waals surface area contributed by atoms with E-state index in [4.69, 9.17) is 37.2 Å². The molecule has 1 saturated heterocycles. The van der Waals surface area contributed by atoms with Gasteiger partial charge in [-0.3, -0.25) is 4.68 Å². The quantitative estimate of drug-likeness (QED) is 0.210. The summed E-state index contributed by atoms with van der Waals surface area (Å²) in [5.74, 6) is 0.847. The molecule has 8 nitrogen and oxygen atoms in total. The Hall–Kier alpha value is -3.33. The number of nitrogens with zero attached hydrogens (tertiary/aromatic N) is 4. The summed E-state index contributed by atoms with van der Waals surface area (Å²) in [6, 6.07) is 15.5. The lowest BCUT2D eigenvalue weighted by Crippen LogP contribution is -2.37. The van der Waals surface area contributed by atoms with Crippen molar-refractivity contribution in [1.82, 2.24) is 14.9 Å². The van der Waals surface area contributed by atoms with Crippen LogP contribution in [-0.2, 0) is 23.1 Å². The largest absolute Gasteiger partial charge is 0.464 e. The number of carbonyl (C=O) groups excluding carboxylic acids is 1. The van der Waals surface area contributed by atoms with Crippen molar-refractivity contribution in [2.24, 2.45) is 7.05 Å². The lowest BCUT2D eigenvalue weighted by Gasteiger charge is -2.33. The number of aromatic nitrogens is 3. The molecule has 2 aliphatic rings. The lowest BCUT2D eigenvalue weighted by molar-refractivity contribution is 0.0246. The van der Waals surface area contributed by atoms with Crippen LogP contribution in [0, 0.1) is 0 Å². The molecule has 1 aliphatic carbocycles. The Morgan fingerprint density at radius 2 is 1.75 bits per heavy atom. The summed E-state index contributed by atoms with van der Waals surface area (Å²) in [6.45, 7) is 2.21. The fraction of sp³-hybridized carbons (Fsp3) is 0.367. The molecule has 0 atom stereocenters. The van der Waals surface area contributed by atoms with Crippen LogP contribution in [0.25, 0.3) is 22.5 Å². The van der Waals surface area contributed by atoms with Crippen LogP contribution in [0.3, 0.4) is 0 Å². The molecule has 2 fully saturated rings. The predicted octanol–water partition coefficient (Wildman–Crippen LogP) is 6.90. The number of ether oxygens (including phenoxy) is 2. The molecule has 0 bridgehead atoms. The molecular formula is C30H30Cl2N4O4. The molecule has 0 radical (unpaired) electrons. The summed E-state index contributed by atoms with van der Waals surface area (Å²) in [7, 11) is 3.17. The van der Waals surface area contributed by atoms with Crippen LogP contribution in [0.4, 0.5) is 5.69 Å². The molecule has 0 amide bonds. The number of piperidine rings is 1. The Morgan fingerprint density at radius 1 is 1.05 bits per heavy atom. The lowest BCUT2D eigenvalue weighted by atomic mass is 10.0. The smallest absolute Gasteiger partial charge is 0.358 e. The zero-order valence-corrected chi connectivity index (χ0v) is 23.9. The first-order valence-corrected chi connectivity index (χ1v) is 14.2. The monoisotopic (exact) mass is 580 g/mol. The first-order valence-electron chi connectivity index (χ1n) is 13.4. The van der Waals surface area contributed by atoms with Crippen LogP contribution in [-0.4, -0.2) is 47.2 Å². The molecular weight excluding hydrogens is 551 g/mol. The van der Waals surface area contributed by atoms with Crippen LogP contribution in [0.15, 0.2) is 53.1 Å². The second-order valence-corrected chi connectivity index (χ2v) is 11.1. The Morgan fingerprint density at radius 3 is 2.40 bits per heavy atom. The minimum Gasteiger partial charge on any atom is -0.464 e. The van der Waals surface area contributed by atoms with Gasteiger partial charge in [-0.25, -0.2) is 4.79 Å². The van der Waals surface area contributed by atoms with Crippen molar-refractivity contribution in [2.45, 2.75) is 44.3 Å². The van der Waals surface area contributed by atoms with E-state index >= 15 is 0 Å². The van der Waals surface area contributed by atoms with Crippen molar-refractivity contribution in [1.29, 1.82) is 0 Å². The maximum absolute atomic E-state index is 11.8. The molecule has 4 aromatic rings. The van der Waals surface area contributed by atoms with Gasteiger partial charge in [0.25, 0.3) is 0 Å². The van der Waals surface area contributed by atoms with Gasteiger partial charge in [-0.15, -0.1) is 0 Å². The molecule has 0 spiro atoms. The number of methoxy groups -OCH3 is 1. The molecule has 3 heterocycles. The maximum atomic E-state index is 11.8. The number of aryl methyl sites for hydroxylation is 1.